The summed E-state index contributed by atoms with van der Waals surface area (Å²) < 4.78 is 0. The highest BCUT2D eigenvalue weighted by atomic mass is 35.5. The van der Waals surface area contributed by atoms with Crippen molar-refractivity contribution < 1.29 is 9.59 Å². The molecule has 0 saturated carbocycles. The Bertz CT molecular complexity index is 1210. The van der Waals surface area contributed by atoms with Gasteiger partial charge < -0.3 is 0 Å². The number of ketones is 2. The summed E-state index contributed by atoms with van der Waals surface area (Å²) in [6, 6.07) is 14.2. The van der Waals surface area contributed by atoms with E-state index in [2.05, 4.69) is 10.5 Å². The molecule has 0 spiro atoms. The quantitative estimate of drug-likeness (QED) is 0.163. The van der Waals surface area contributed by atoms with Crippen LogP contribution in [0.2, 0.25) is 20.1 Å². The normalized spacial score (nSPS) is 12.8. The maximum atomic E-state index is 13.1. The second-order valence-corrected chi connectivity index (χ2v) is 7.72. The molecule has 0 aliphatic heterocycles. The molecule has 1 aliphatic carbocycles. The van der Waals surface area contributed by atoms with Crippen molar-refractivity contribution in [2.45, 2.75) is 0 Å². The van der Waals surface area contributed by atoms with E-state index in [-0.39, 0.29) is 42.3 Å². The summed E-state index contributed by atoms with van der Waals surface area (Å²) in [6.45, 7) is 0. The number of benzene rings is 3. The highest BCUT2D eigenvalue weighted by molar-refractivity contribution is 6.55. The predicted octanol–water partition coefficient (Wildman–Crippen LogP) is 6.52. The van der Waals surface area contributed by atoms with Gasteiger partial charge in [-0.05, 0) is 29.8 Å². The molecule has 0 bridgehead atoms. The van der Waals surface area contributed by atoms with E-state index in [0.717, 1.165) is 5.69 Å². The SMILES string of the molecule is O=C1c2ccc(/C=N\Nc3ccccc3)cc2C(=O)c2c(Cl)c(Cl)c(Cl)c(Cl)c21. The van der Waals surface area contributed by atoms with E-state index in [1.807, 2.05) is 30.3 Å². The molecule has 3 aromatic carbocycles. The molecule has 144 valence electrons. The molecule has 0 aromatic heterocycles. The third-order valence-corrected chi connectivity index (χ3v) is 6.24. The van der Waals surface area contributed by atoms with E-state index in [4.69, 9.17) is 46.4 Å². The first-order valence-corrected chi connectivity index (χ1v) is 9.85. The number of halogens is 4. The first kappa shape index (κ1) is 19.9. The van der Waals surface area contributed by atoms with E-state index in [1.54, 1.807) is 24.4 Å². The number of hydrogen-bond acceptors (Lipinski definition) is 4. The average molecular weight is 464 g/mol. The van der Waals surface area contributed by atoms with Crippen molar-refractivity contribution in [3.8, 4) is 0 Å². The van der Waals surface area contributed by atoms with Crippen LogP contribution < -0.4 is 5.43 Å². The molecule has 0 amide bonds. The van der Waals surface area contributed by atoms with Gasteiger partial charge in [0.25, 0.3) is 0 Å². The fraction of sp³-hybridized carbons (Fsp3) is 0. The number of anilines is 1. The second-order valence-electron chi connectivity index (χ2n) is 6.21. The van der Waals surface area contributed by atoms with E-state index >= 15 is 0 Å². The molecule has 29 heavy (non-hydrogen) atoms. The van der Waals surface area contributed by atoms with Crippen molar-refractivity contribution in [1.82, 2.24) is 0 Å². The van der Waals surface area contributed by atoms with Gasteiger partial charge in [-0.25, -0.2) is 0 Å². The van der Waals surface area contributed by atoms with Crippen LogP contribution in [0.1, 0.15) is 37.4 Å². The van der Waals surface area contributed by atoms with E-state index < -0.39 is 11.6 Å². The molecule has 4 rings (SSSR count). The Labute approximate surface area is 186 Å². The zero-order chi connectivity index (χ0) is 20.7. The molecule has 3 aromatic rings. The first-order valence-electron chi connectivity index (χ1n) is 8.33. The smallest absolute Gasteiger partial charge is 0.196 e. The Morgan fingerprint density at radius 2 is 1.31 bits per heavy atom. The number of hydrogen-bond donors (Lipinski definition) is 1. The van der Waals surface area contributed by atoms with Crippen molar-refractivity contribution in [3.63, 3.8) is 0 Å². The molecular formula is C21H10Cl4N2O2. The number of fused-ring (bicyclic) bond motifs is 2. The zero-order valence-corrected chi connectivity index (χ0v) is 17.5. The summed E-state index contributed by atoms with van der Waals surface area (Å²) in [6.07, 6.45) is 1.55. The van der Waals surface area contributed by atoms with Crippen LogP contribution in [0.25, 0.3) is 0 Å². The zero-order valence-electron chi connectivity index (χ0n) is 14.5. The standard InChI is InChI=1S/C21H10Cl4N2O2/c22-16-14-15(17(23)19(25)18(16)24)21(29)13-8-10(6-7-12(13)20(14)28)9-26-27-11-4-2-1-3-5-11/h1-9,27H/b26-9-. The fourth-order valence-corrected chi connectivity index (χ4v) is 4.07. The summed E-state index contributed by atoms with van der Waals surface area (Å²) in [4.78, 5) is 26.0. The Kier molecular flexibility index (Phi) is 5.36. The number of rotatable bonds is 3. The molecule has 1 N–H and O–H groups in total. The van der Waals surface area contributed by atoms with Crippen molar-refractivity contribution in [3.05, 3.63) is 96.4 Å². The van der Waals surface area contributed by atoms with Gasteiger partial charge in [-0.3, -0.25) is 15.0 Å². The topological polar surface area (TPSA) is 58.5 Å². The minimum atomic E-state index is -0.452. The second kappa shape index (κ2) is 7.81. The largest absolute Gasteiger partial charge is 0.289 e. The van der Waals surface area contributed by atoms with Crippen molar-refractivity contribution >= 4 is 69.9 Å². The van der Waals surface area contributed by atoms with Crippen LogP contribution in [0, 0.1) is 0 Å². The number of nitrogens with zero attached hydrogens (tertiary/aromatic N) is 1. The summed E-state index contributed by atoms with van der Waals surface area (Å²) >= 11 is 24.6. The van der Waals surface area contributed by atoms with Crippen molar-refractivity contribution in [2.75, 3.05) is 5.43 Å². The molecule has 0 heterocycles. The van der Waals surface area contributed by atoms with Gasteiger partial charge in [0.15, 0.2) is 11.6 Å². The summed E-state index contributed by atoms with van der Waals surface area (Å²) in [5, 5.41) is 3.85. The molecule has 0 fully saturated rings. The third kappa shape index (κ3) is 3.43. The van der Waals surface area contributed by atoms with Gasteiger partial charge in [0.05, 0.1) is 43.1 Å². The third-order valence-electron chi connectivity index (χ3n) is 4.44. The van der Waals surface area contributed by atoms with Gasteiger partial charge in [0.1, 0.15) is 0 Å². The first-order chi connectivity index (χ1) is 13.9. The van der Waals surface area contributed by atoms with Gasteiger partial charge in [-0.15, -0.1) is 0 Å². The van der Waals surface area contributed by atoms with E-state index in [1.165, 1.54) is 0 Å². The fourth-order valence-electron chi connectivity index (χ4n) is 3.05. The summed E-state index contributed by atoms with van der Waals surface area (Å²) in [7, 11) is 0. The minimum absolute atomic E-state index is 0.0317. The van der Waals surface area contributed by atoms with E-state index in [9.17, 15) is 9.59 Å². The van der Waals surface area contributed by atoms with Crippen LogP contribution in [0.4, 0.5) is 5.69 Å². The van der Waals surface area contributed by atoms with Crippen LogP contribution in [-0.2, 0) is 0 Å². The monoisotopic (exact) mass is 462 g/mol. The lowest BCUT2D eigenvalue weighted by atomic mass is 9.83. The van der Waals surface area contributed by atoms with Crippen LogP contribution in [0.15, 0.2) is 53.6 Å². The minimum Gasteiger partial charge on any atom is -0.289 e. The molecule has 4 nitrogen and oxygen atoms in total. The molecular weight excluding hydrogens is 454 g/mol. The molecule has 0 unspecified atom stereocenters. The van der Waals surface area contributed by atoms with E-state index in [0.29, 0.717) is 5.56 Å². The van der Waals surface area contributed by atoms with Crippen LogP contribution in [0.3, 0.4) is 0 Å². The number of hydrazone groups is 1. The Morgan fingerprint density at radius 1 is 0.724 bits per heavy atom. The number of carbonyl (C=O) groups excluding carboxylic acids is 2. The summed E-state index contributed by atoms with van der Waals surface area (Å²) in [5.41, 5.74) is 4.66. The summed E-state index contributed by atoms with van der Waals surface area (Å²) in [5.74, 6) is -0.891. The molecule has 0 atom stereocenters. The number of nitrogens with one attached hydrogen (secondary N) is 1. The van der Waals surface area contributed by atoms with Gasteiger partial charge in [0.2, 0.25) is 0 Å². The molecule has 0 radical (unpaired) electrons. The van der Waals surface area contributed by atoms with Crippen LogP contribution in [-0.4, -0.2) is 17.8 Å². The maximum Gasteiger partial charge on any atom is 0.196 e. The van der Waals surface area contributed by atoms with Crippen LogP contribution in [0.5, 0.6) is 0 Å². The van der Waals surface area contributed by atoms with Crippen molar-refractivity contribution in [1.29, 1.82) is 0 Å². The highest BCUT2D eigenvalue weighted by Crippen LogP contribution is 2.45. The molecule has 0 saturated heterocycles. The lowest BCUT2D eigenvalue weighted by Crippen LogP contribution is -2.22. The highest BCUT2D eigenvalue weighted by Gasteiger charge is 2.36. The van der Waals surface area contributed by atoms with Gasteiger partial charge in [0, 0.05) is 11.1 Å². The van der Waals surface area contributed by atoms with Crippen molar-refractivity contribution in [2.24, 2.45) is 5.10 Å². The molecule has 8 heteroatoms. The van der Waals surface area contributed by atoms with Gasteiger partial charge >= 0.3 is 0 Å². The lowest BCUT2D eigenvalue weighted by molar-refractivity contribution is 0.0979. The van der Waals surface area contributed by atoms with Crippen LogP contribution >= 0.6 is 46.4 Å². The Balaban J connectivity index is 1.74. The van der Waals surface area contributed by atoms with Gasteiger partial charge in [-0.2, -0.15) is 5.10 Å². The Hall–Kier alpha value is -2.37. The lowest BCUT2D eigenvalue weighted by Gasteiger charge is -2.21. The molecule has 1 aliphatic rings. The van der Waals surface area contributed by atoms with Gasteiger partial charge in [-0.1, -0.05) is 70.7 Å². The predicted molar refractivity (Wildman–Crippen MR) is 117 cm³/mol. The number of carbonyl (C=O) groups is 2. The number of para-hydroxylation sites is 1. The Morgan fingerprint density at radius 3 is 1.93 bits per heavy atom. The maximum absolute atomic E-state index is 13.1. The average Bonchev–Trinajstić information content (AvgIpc) is 2.74.